The molecule has 1 aromatic carbocycles. The standard InChI is InChI=1S/C9H8BrClO2/c1-6(12)13-5-7-2-3-8(10)9(11)4-7/h2-4H,5H2,1H3. The zero-order valence-electron chi connectivity index (χ0n) is 7.01. The van der Waals surface area contributed by atoms with Gasteiger partial charge in [-0.05, 0) is 33.6 Å². The van der Waals surface area contributed by atoms with Crippen molar-refractivity contribution in [3.63, 3.8) is 0 Å². The lowest BCUT2D eigenvalue weighted by Gasteiger charge is -2.03. The summed E-state index contributed by atoms with van der Waals surface area (Å²) in [5.41, 5.74) is 0.878. The molecule has 4 heteroatoms. The maximum atomic E-state index is 10.5. The van der Waals surface area contributed by atoms with Crippen molar-refractivity contribution in [3.8, 4) is 0 Å². The maximum absolute atomic E-state index is 10.5. The summed E-state index contributed by atoms with van der Waals surface area (Å²) in [5, 5.41) is 0.615. The van der Waals surface area contributed by atoms with Gasteiger partial charge in [-0.15, -0.1) is 0 Å². The summed E-state index contributed by atoms with van der Waals surface area (Å²) in [6.45, 7) is 1.64. The number of hydrogen-bond donors (Lipinski definition) is 0. The minimum atomic E-state index is -0.293. The highest BCUT2D eigenvalue weighted by Crippen LogP contribution is 2.23. The molecule has 0 aliphatic carbocycles. The van der Waals surface area contributed by atoms with Crippen LogP contribution in [0.1, 0.15) is 12.5 Å². The number of hydrogen-bond acceptors (Lipinski definition) is 2. The van der Waals surface area contributed by atoms with Crippen LogP contribution in [0.3, 0.4) is 0 Å². The topological polar surface area (TPSA) is 26.3 Å². The van der Waals surface area contributed by atoms with Crippen molar-refractivity contribution in [1.29, 1.82) is 0 Å². The molecule has 0 N–H and O–H groups in total. The van der Waals surface area contributed by atoms with Crippen LogP contribution in [-0.4, -0.2) is 5.97 Å². The lowest BCUT2D eigenvalue weighted by Crippen LogP contribution is -1.98. The van der Waals surface area contributed by atoms with Gasteiger partial charge in [0.2, 0.25) is 0 Å². The molecule has 0 saturated heterocycles. The molecular weight excluding hydrogens is 255 g/mol. The van der Waals surface area contributed by atoms with E-state index in [1.165, 1.54) is 6.92 Å². The van der Waals surface area contributed by atoms with E-state index in [1.807, 2.05) is 12.1 Å². The first-order chi connectivity index (χ1) is 6.09. The van der Waals surface area contributed by atoms with Crippen LogP contribution in [0.5, 0.6) is 0 Å². The fourth-order valence-electron chi connectivity index (χ4n) is 0.814. The molecule has 1 aromatic rings. The Morgan fingerprint density at radius 3 is 2.85 bits per heavy atom. The van der Waals surface area contributed by atoms with Crippen molar-refractivity contribution in [1.82, 2.24) is 0 Å². The van der Waals surface area contributed by atoms with Crippen molar-refractivity contribution in [2.75, 3.05) is 0 Å². The molecule has 0 bridgehead atoms. The monoisotopic (exact) mass is 262 g/mol. The minimum absolute atomic E-state index is 0.266. The van der Waals surface area contributed by atoms with Gasteiger partial charge < -0.3 is 4.74 Å². The average Bonchev–Trinajstić information content (AvgIpc) is 2.07. The SMILES string of the molecule is CC(=O)OCc1ccc(Br)c(Cl)c1. The first kappa shape index (κ1) is 10.5. The third-order valence-corrected chi connectivity index (χ3v) is 2.66. The van der Waals surface area contributed by atoms with Crippen molar-refractivity contribution in [2.24, 2.45) is 0 Å². The largest absolute Gasteiger partial charge is 0.461 e. The lowest BCUT2D eigenvalue weighted by atomic mass is 10.2. The molecule has 0 aromatic heterocycles. The Labute approximate surface area is 90.0 Å². The van der Waals surface area contributed by atoms with Crippen LogP contribution >= 0.6 is 27.5 Å². The molecule has 0 saturated carbocycles. The zero-order chi connectivity index (χ0) is 9.84. The maximum Gasteiger partial charge on any atom is 0.302 e. The van der Waals surface area contributed by atoms with Crippen LogP contribution in [0.2, 0.25) is 5.02 Å². The van der Waals surface area contributed by atoms with Gasteiger partial charge in [0.15, 0.2) is 0 Å². The molecular formula is C9H8BrClO2. The Balaban J connectivity index is 2.68. The molecule has 70 valence electrons. The van der Waals surface area contributed by atoms with Crippen molar-refractivity contribution >= 4 is 33.5 Å². The summed E-state index contributed by atoms with van der Waals surface area (Å²) >= 11 is 9.11. The van der Waals surface area contributed by atoms with Crippen LogP contribution in [0, 0.1) is 0 Å². The summed E-state index contributed by atoms with van der Waals surface area (Å²) in [4.78, 5) is 10.5. The predicted octanol–water partition coefficient (Wildman–Crippen LogP) is 3.17. The van der Waals surface area contributed by atoms with E-state index in [0.717, 1.165) is 10.0 Å². The highest BCUT2D eigenvalue weighted by molar-refractivity contribution is 9.10. The van der Waals surface area contributed by atoms with Gasteiger partial charge >= 0.3 is 5.97 Å². The highest BCUT2D eigenvalue weighted by atomic mass is 79.9. The normalized spacial score (nSPS) is 9.77. The van der Waals surface area contributed by atoms with Crippen LogP contribution in [0.15, 0.2) is 22.7 Å². The molecule has 1 rings (SSSR count). The molecule has 0 aliphatic rings. The number of ether oxygens (including phenoxy) is 1. The predicted molar refractivity (Wildman–Crippen MR) is 54.6 cm³/mol. The van der Waals surface area contributed by atoms with E-state index in [9.17, 15) is 4.79 Å². The lowest BCUT2D eigenvalue weighted by molar-refractivity contribution is -0.142. The number of carbonyl (C=O) groups is 1. The molecule has 0 aliphatic heterocycles. The zero-order valence-corrected chi connectivity index (χ0v) is 9.35. The second-order valence-electron chi connectivity index (χ2n) is 2.53. The number of benzene rings is 1. The average molecular weight is 264 g/mol. The van der Waals surface area contributed by atoms with Crippen LogP contribution in [0.25, 0.3) is 0 Å². The molecule has 0 radical (unpaired) electrons. The van der Waals surface area contributed by atoms with E-state index in [1.54, 1.807) is 6.07 Å². The Bertz CT molecular complexity index is 325. The van der Waals surface area contributed by atoms with Gasteiger partial charge in [-0.1, -0.05) is 17.7 Å². The minimum Gasteiger partial charge on any atom is -0.461 e. The Kier molecular flexibility index (Phi) is 3.75. The van der Waals surface area contributed by atoms with E-state index in [4.69, 9.17) is 16.3 Å². The molecule has 2 nitrogen and oxygen atoms in total. The van der Waals surface area contributed by atoms with Crippen LogP contribution in [-0.2, 0) is 16.1 Å². The first-order valence-corrected chi connectivity index (χ1v) is 4.84. The number of carbonyl (C=O) groups excluding carboxylic acids is 1. The molecule has 0 spiro atoms. The van der Waals surface area contributed by atoms with Crippen molar-refractivity contribution in [3.05, 3.63) is 33.3 Å². The molecule has 0 amide bonds. The fraction of sp³-hybridized carbons (Fsp3) is 0.222. The second kappa shape index (κ2) is 4.63. The quantitative estimate of drug-likeness (QED) is 0.766. The van der Waals surface area contributed by atoms with E-state index in [-0.39, 0.29) is 12.6 Å². The van der Waals surface area contributed by atoms with Gasteiger partial charge in [-0.3, -0.25) is 4.79 Å². The smallest absolute Gasteiger partial charge is 0.302 e. The molecule has 0 atom stereocenters. The summed E-state index contributed by atoms with van der Waals surface area (Å²) in [7, 11) is 0. The third kappa shape index (κ3) is 3.36. The first-order valence-electron chi connectivity index (χ1n) is 3.67. The Morgan fingerprint density at radius 2 is 2.31 bits per heavy atom. The van der Waals surface area contributed by atoms with E-state index in [2.05, 4.69) is 15.9 Å². The van der Waals surface area contributed by atoms with E-state index in [0.29, 0.717) is 5.02 Å². The summed E-state index contributed by atoms with van der Waals surface area (Å²) in [6, 6.07) is 5.43. The second-order valence-corrected chi connectivity index (χ2v) is 3.79. The number of halogens is 2. The van der Waals surface area contributed by atoms with E-state index < -0.39 is 0 Å². The van der Waals surface area contributed by atoms with E-state index >= 15 is 0 Å². The third-order valence-electron chi connectivity index (χ3n) is 1.43. The van der Waals surface area contributed by atoms with Crippen molar-refractivity contribution < 1.29 is 9.53 Å². The summed E-state index contributed by atoms with van der Waals surface area (Å²) in [5.74, 6) is -0.293. The molecule has 0 unspecified atom stereocenters. The molecule has 13 heavy (non-hydrogen) atoms. The summed E-state index contributed by atoms with van der Waals surface area (Å²) < 4.78 is 5.64. The number of esters is 1. The van der Waals surface area contributed by atoms with Crippen LogP contribution < -0.4 is 0 Å². The highest BCUT2D eigenvalue weighted by Gasteiger charge is 2.00. The van der Waals surface area contributed by atoms with Crippen molar-refractivity contribution in [2.45, 2.75) is 13.5 Å². The molecule has 0 fully saturated rings. The van der Waals surface area contributed by atoms with Gasteiger partial charge in [0.1, 0.15) is 6.61 Å². The molecule has 0 heterocycles. The van der Waals surface area contributed by atoms with Gasteiger partial charge in [-0.2, -0.15) is 0 Å². The van der Waals surface area contributed by atoms with Gasteiger partial charge in [-0.25, -0.2) is 0 Å². The van der Waals surface area contributed by atoms with Gasteiger partial charge in [0, 0.05) is 11.4 Å². The van der Waals surface area contributed by atoms with Gasteiger partial charge in [0.25, 0.3) is 0 Å². The van der Waals surface area contributed by atoms with Crippen LogP contribution in [0.4, 0.5) is 0 Å². The summed E-state index contributed by atoms with van der Waals surface area (Å²) in [6.07, 6.45) is 0. The fourth-order valence-corrected chi connectivity index (χ4v) is 1.26. The Morgan fingerprint density at radius 1 is 1.62 bits per heavy atom. The number of rotatable bonds is 2. The Hall–Kier alpha value is -0.540. The van der Waals surface area contributed by atoms with Gasteiger partial charge in [0.05, 0.1) is 5.02 Å².